The summed E-state index contributed by atoms with van der Waals surface area (Å²) in [6.07, 6.45) is 0.449. The molecule has 1 aromatic rings. The fraction of sp³-hybridized carbons (Fsp3) is 0.533. The van der Waals surface area contributed by atoms with Crippen LogP contribution in [0.15, 0.2) is 24.3 Å². The summed E-state index contributed by atoms with van der Waals surface area (Å²) in [7, 11) is 0. The van der Waals surface area contributed by atoms with Crippen LogP contribution in [0, 0.1) is 0 Å². The largest absolute Gasteiger partial charge is 0.494 e. The van der Waals surface area contributed by atoms with Crippen molar-refractivity contribution in [3.63, 3.8) is 0 Å². The number of hydrogen-bond acceptors (Lipinski definition) is 4. The first-order valence-electron chi connectivity index (χ1n) is 6.69. The zero-order chi connectivity index (χ0) is 14.3. The third-order valence-electron chi connectivity index (χ3n) is 2.83. The summed E-state index contributed by atoms with van der Waals surface area (Å²) in [6.45, 7) is 6.81. The number of rotatable bonds is 7. The average molecular weight is 265 g/mol. The Morgan fingerprint density at radius 3 is 2.42 bits per heavy atom. The smallest absolute Gasteiger partial charge is 0.323 e. The van der Waals surface area contributed by atoms with Crippen molar-refractivity contribution in [2.24, 2.45) is 5.73 Å². The van der Waals surface area contributed by atoms with Gasteiger partial charge in [-0.3, -0.25) is 4.79 Å². The summed E-state index contributed by atoms with van der Waals surface area (Å²) in [6, 6.07) is 7.35. The summed E-state index contributed by atoms with van der Waals surface area (Å²) in [5.41, 5.74) is 6.95. The second-order valence-corrected chi connectivity index (χ2v) is 4.72. The molecule has 1 rings (SSSR count). The molecule has 1 unspecified atom stereocenters. The van der Waals surface area contributed by atoms with Crippen LogP contribution in [0.1, 0.15) is 38.7 Å². The SMILES string of the molecule is CCOC(=O)C(N)CCOc1ccc(C(C)C)cc1. The first-order valence-corrected chi connectivity index (χ1v) is 6.69. The van der Waals surface area contributed by atoms with Crippen molar-refractivity contribution in [3.05, 3.63) is 29.8 Å². The predicted molar refractivity (Wildman–Crippen MR) is 75.3 cm³/mol. The Morgan fingerprint density at radius 2 is 1.89 bits per heavy atom. The number of hydrogen-bond donors (Lipinski definition) is 1. The first-order chi connectivity index (χ1) is 9.04. The Labute approximate surface area is 114 Å². The average Bonchev–Trinajstić information content (AvgIpc) is 2.39. The van der Waals surface area contributed by atoms with Gasteiger partial charge in [-0.2, -0.15) is 0 Å². The molecule has 4 nitrogen and oxygen atoms in total. The highest BCUT2D eigenvalue weighted by atomic mass is 16.5. The van der Waals surface area contributed by atoms with Gasteiger partial charge in [0.05, 0.1) is 13.2 Å². The number of benzene rings is 1. The second kappa shape index (κ2) is 7.79. The van der Waals surface area contributed by atoms with E-state index in [0.717, 1.165) is 5.75 Å². The van der Waals surface area contributed by atoms with Crippen LogP contribution in [0.2, 0.25) is 0 Å². The third kappa shape index (κ3) is 5.30. The molecule has 0 amide bonds. The molecule has 19 heavy (non-hydrogen) atoms. The Morgan fingerprint density at radius 1 is 1.26 bits per heavy atom. The van der Waals surface area contributed by atoms with Crippen molar-refractivity contribution in [3.8, 4) is 5.75 Å². The second-order valence-electron chi connectivity index (χ2n) is 4.72. The molecule has 1 aromatic carbocycles. The van der Waals surface area contributed by atoms with E-state index < -0.39 is 6.04 Å². The van der Waals surface area contributed by atoms with Crippen molar-refractivity contribution >= 4 is 5.97 Å². The molecule has 1 atom stereocenters. The van der Waals surface area contributed by atoms with E-state index in [1.165, 1.54) is 5.56 Å². The van der Waals surface area contributed by atoms with Crippen LogP contribution >= 0.6 is 0 Å². The van der Waals surface area contributed by atoms with Gasteiger partial charge in [0.15, 0.2) is 0 Å². The molecule has 0 radical (unpaired) electrons. The highest BCUT2D eigenvalue weighted by Crippen LogP contribution is 2.18. The minimum absolute atomic E-state index is 0.351. The van der Waals surface area contributed by atoms with Gasteiger partial charge in [-0.15, -0.1) is 0 Å². The van der Waals surface area contributed by atoms with Crippen molar-refractivity contribution in [2.75, 3.05) is 13.2 Å². The van der Waals surface area contributed by atoms with Crippen molar-refractivity contribution < 1.29 is 14.3 Å². The van der Waals surface area contributed by atoms with Gasteiger partial charge in [-0.25, -0.2) is 0 Å². The molecule has 4 heteroatoms. The Balaban J connectivity index is 2.35. The lowest BCUT2D eigenvalue weighted by molar-refractivity contribution is -0.145. The minimum Gasteiger partial charge on any atom is -0.494 e. The van der Waals surface area contributed by atoms with Gasteiger partial charge in [-0.1, -0.05) is 26.0 Å². The number of carbonyl (C=O) groups is 1. The molecule has 0 aromatic heterocycles. The lowest BCUT2D eigenvalue weighted by Crippen LogP contribution is -2.33. The molecule has 0 heterocycles. The van der Waals surface area contributed by atoms with E-state index in [0.29, 0.717) is 25.6 Å². The zero-order valence-corrected chi connectivity index (χ0v) is 11.9. The predicted octanol–water partition coefficient (Wildman–Crippen LogP) is 2.47. The monoisotopic (exact) mass is 265 g/mol. The van der Waals surface area contributed by atoms with E-state index in [1.54, 1.807) is 6.92 Å². The maximum Gasteiger partial charge on any atom is 0.323 e. The fourth-order valence-corrected chi connectivity index (χ4v) is 1.62. The van der Waals surface area contributed by atoms with Gasteiger partial charge in [0, 0.05) is 6.42 Å². The van der Waals surface area contributed by atoms with Gasteiger partial charge in [0.25, 0.3) is 0 Å². The third-order valence-corrected chi connectivity index (χ3v) is 2.83. The van der Waals surface area contributed by atoms with Crippen LogP contribution < -0.4 is 10.5 Å². The van der Waals surface area contributed by atoms with Crippen LogP contribution in [-0.4, -0.2) is 25.2 Å². The maximum absolute atomic E-state index is 11.3. The summed E-state index contributed by atoms with van der Waals surface area (Å²) in [4.78, 5) is 11.3. The van der Waals surface area contributed by atoms with Crippen LogP contribution in [-0.2, 0) is 9.53 Å². The Kier molecular flexibility index (Phi) is 6.36. The molecule has 0 bridgehead atoms. The first kappa shape index (κ1) is 15.5. The molecule has 0 aliphatic carbocycles. The standard InChI is InChI=1S/C15H23NO3/c1-4-18-15(17)14(16)9-10-19-13-7-5-12(6-8-13)11(2)3/h5-8,11,14H,4,9-10,16H2,1-3H3. The van der Waals surface area contributed by atoms with Gasteiger partial charge < -0.3 is 15.2 Å². The molecule has 0 fully saturated rings. The van der Waals surface area contributed by atoms with Crippen molar-refractivity contribution in [2.45, 2.75) is 39.2 Å². The Hall–Kier alpha value is -1.55. The molecular formula is C15H23NO3. The normalized spacial score (nSPS) is 12.3. The van der Waals surface area contributed by atoms with Gasteiger partial charge >= 0.3 is 5.97 Å². The van der Waals surface area contributed by atoms with Gasteiger partial charge in [0.2, 0.25) is 0 Å². The number of nitrogens with two attached hydrogens (primary N) is 1. The van der Waals surface area contributed by atoms with Crippen molar-refractivity contribution in [1.82, 2.24) is 0 Å². The lowest BCUT2D eigenvalue weighted by Gasteiger charge is -2.12. The molecule has 106 valence electrons. The van der Waals surface area contributed by atoms with E-state index in [-0.39, 0.29) is 5.97 Å². The van der Waals surface area contributed by atoms with E-state index in [2.05, 4.69) is 13.8 Å². The van der Waals surface area contributed by atoms with Crippen LogP contribution in [0.4, 0.5) is 0 Å². The maximum atomic E-state index is 11.3. The summed E-state index contributed by atoms with van der Waals surface area (Å²) < 4.78 is 10.4. The Bertz CT molecular complexity index is 387. The van der Waals surface area contributed by atoms with Gasteiger partial charge in [-0.05, 0) is 30.5 Å². The topological polar surface area (TPSA) is 61.5 Å². The quantitative estimate of drug-likeness (QED) is 0.769. The van der Waals surface area contributed by atoms with Crippen molar-refractivity contribution in [1.29, 1.82) is 0 Å². The van der Waals surface area contributed by atoms with E-state index in [9.17, 15) is 4.79 Å². The molecule has 2 N–H and O–H groups in total. The van der Waals surface area contributed by atoms with E-state index in [4.69, 9.17) is 15.2 Å². The number of esters is 1. The van der Waals surface area contributed by atoms with E-state index in [1.807, 2.05) is 24.3 Å². The molecule has 0 saturated heterocycles. The molecular weight excluding hydrogens is 242 g/mol. The highest BCUT2D eigenvalue weighted by molar-refractivity contribution is 5.75. The van der Waals surface area contributed by atoms with Crippen LogP contribution in [0.3, 0.4) is 0 Å². The van der Waals surface area contributed by atoms with Crippen LogP contribution in [0.25, 0.3) is 0 Å². The van der Waals surface area contributed by atoms with E-state index >= 15 is 0 Å². The summed E-state index contributed by atoms with van der Waals surface area (Å²) in [5, 5.41) is 0. The molecule has 0 aliphatic heterocycles. The fourth-order valence-electron chi connectivity index (χ4n) is 1.62. The summed E-state index contributed by atoms with van der Waals surface area (Å²) >= 11 is 0. The lowest BCUT2D eigenvalue weighted by atomic mass is 10.0. The minimum atomic E-state index is -0.616. The molecule has 0 saturated carbocycles. The van der Waals surface area contributed by atoms with Crippen LogP contribution in [0.5, 0.6) is 5.75 Å². The van der Waals surface area contributed by atoms with Gasteiger partial charge in [0.1, 0.15) is 11.8 Å². The molecule has 0 aliphatic rings. The summed E-state index contributed by atoms with van der Waals surface area (Å²) in [5.74, 6) is 0.924. The molecule has 0 spiro atoms. The highest BCUT2D eigenvalue weighted by Gasteiger charge is 2.14. The zero-order valence-electron chi connectivity index (χ0n) is 11.9. The number of ether oxygens (including phenoxy) is 2. The number of carbonyl (C=O) groups excluding carboxylic acids is 1.